The summed E-state index contributed by atoms with van der Waals surface area (Å²) in [5.74, 6) is -0.836. The molecule has 0 saturated carbocycles. The van der Waals surface area contributed by atoms with Crippen molar-refractivity contribution in [3.63, 3.8) is 0 Å². The SMILES string of the molecule is NCCC(=O)O.[NaH]. The van der Waals surface area contributed by atoms with Crippen LogP contribution in [0.15, 0.2) is 0 Å². The van der Waals surface area contributed by atoms with Crippen LogP contribution in [0.25, 0.3) is 0 Å². The molecule has 7 heavy (non-hydrogen) atoms. The average Bonchev–Trinajstić information content (AvgIpc) is 1.35. The minimum atomic E-state index is -0.836. The molecule has 0 bridgehead atoms. The Balaban J connectivity index is 0. The molecular formula is C3H8NNaO2. The molecule has 3 nitrogen and oxygen atoms in total. The van der Waals surface area contributed by atoms with Gasteiger partial charge in [-0.3, -0.25) is 4.79 Å². The van der Waals surface area contributed by atoms with Crippen molar-refractivity contribution in [3.8, 4) is 0 Å². The van der Waals surface area contributed by atoms with Gasteiger partial charge in [0.25, 0.3) is 0 Å². The summed E-state index contributed by atoms with van der Waals surface area (Å²) in [5.41, 5.74) is 4.85. The van der Waals surface area contributed by atoms with E-state index < -0.39 is 5.97 Å². The maximum absolute atomic E-state index is 9.52. The molecule has 0 fully saturated rings. The number of carboxylic acids is 1. The zero-order chi connectivity index (χ0) is 4.99. The van der Waals surface area contributed by atoms with Crippen molar-refractivity contribution < 1.29 is 9.90 Å². The summed E-state index contributed by atoms with van der Waals surface area (Å²) in [6.07, 6.45) is 0.0694. The monoisotopic (exact) mass is 113 g/mol. The normalized spacial score (nSPS) is 7.00. The molecule has 0 aliphatic rings. The molecule has 3 N–H and O–H groups in total. The van der Waals surface area contributed by atoms with Gasteiger partial charge in [0.15, 0.2) is 0 Å². The summed E-state index contributed by atoms with van der Waals surface area (Å²) in [7, 11) is 0. The molecule has 0 unspecified atom stereocenters. The van der Waals surface area contributed by atoms with E-state index in [1.807, 2.05) is 0 Å². The number of carboxylic acid groups (broad SMARTS) is 1. The van der Waals surface area contributed by atoms with Gasteiger partial charge in [-0.1, -0.05) is 0 Å². The van der Waals surface area contributed by atoms with Crippen molar-refractivity contribution in [1.29, 1.82) is 0 Å². The van der Waals surface area contributed by atoms with E-state index in [1.54, 1.807) is 0 Å². The molecule has 0 radical (unpaired) electrons. The second-order valence-electron chi connectivity index (χ2n) is 0.932. The van der Waals surface area contributed by atoms with Crippen LogP contribution in [-0.4, -0.2) is 47.2 Å². The molecule has 38 valence electrons. The molecular weight excluding hydrogens is 105 g/mol. The van der Waals surface area contributed by atoms with Gasteiger partial charge in [0.2, 0.25) is 0 Å². The number of carbonyl (C=O) groups is 1. The Kier molecular flexibility index (Phi) is 9.57. The van der Waals surface area contributed by atoms with Crippen molar-refractivity contribution in [3.05, 3.63) is 0 Å². The number of hydrogen-bond donors (Lipinski definition) is 2. The van der Waals surface area contributed by atoms with Crippen molar-refractivity contribution in [2.75, 3.05) is 6.54 Å². The zero-order valence-corrected chi connectivity index (χ0v) is 3.35. The summed E-state index contributed by atoms with van der Waals surface area (Å²) in [4.78, 5) is 9.52. The Labute approximate surface area is 64.2 Å². The van der Waals surface area contributed by atoms with Crippen molar-refractivity contribution in [1.82, 2.24) is 0 Å². The fourth-order valence-corrected chi connectivity index (χ4v) is 0.123. The van der Waals surface area contributed by atoms with Gasteiger partial charge < -0.3 is 10.8 Å². The number of aliphatic carboxylic acids is 1. The molecule has 0 amide bonds. The molecule has 0 rings (SSSR count). The molecule has 0 saturated heterocycles. The first-order valence-electron chi connectivity index (χ1n) is 1.69. The van der Waals surface area contributed by atoms with Gasteiger partial charge >= 0.3 is 35.5 Å². The summed E-state index contributed by atoms with van der Waals surface area (Å²) >= 11 is 0. The zero-order valence-electron chi connectivity index (χ0n) is 3.35. The number of hydrogen-bond acceptors (Lipinski definition) is 2. The van der Waals surface area contributed by atoms with E-state index in [1.165, 1.54) is 0 Å². The van der Waals surface area contributed by atoms with Crippen LogP contribution in [-0.2, 0) is 4.79 Å². The van der Waals surface area contributed by atoms with Crippen LogP contribution in [0, 0.1) is 0 Å². The van der Waals surface area contributed by atoms with Gasteiger partial charge in [0.1, 0.15) is 0 Å². The van der Waals surface area contributed by atoms with E-state index in [9.17, 15) is 4.79 Å². The quantitative estimate of drug-likeness (QED) is 0.441. The van der Waals surface area contributed by atoms with E-state index in [2.05, 4.69) is 0 Å². The van der Waals surface area contributed by atoms with E-state index in [0.717, 1.165) is 0 Å². The molecule has 0 aliphatic carbocycles. The van der Waals surface area contributed by atoms with Crippen LogP contribution in [0.5, 0.6) is 0 Å². The Morgan fingerprint density at radius 2 is 2.14 bits per heavy atom. The van der Waals surface area contributed by atoms with Gasteiger partial charge in [0, 0.05) is 6.54 Å². The Hall–Kier alpha value is 0.430. The van der Waals surface area contributed by atoms with Crippen molar-refractivity contribution in [2.45, 2.75) is 6.42 Å². The third-order valence-electron chi connectivity index (χ3n) is 0.358. The summed E-state index contributed by atoms with van der Waals surface area (Å²) < 4.78 is 0. The molecule has 0 aromatic carbocycles. The molecule has 0 aromatic heterocycles. The number of rotatable bonds is 2. The van der Waals surface area contributed by atoms with Gasteiger partial charge in [-0.2, -0.15) is 0 Å². The third kappa shape index (κ3) is 10.7. The molecule has 0 aromatic rings. The summed E-state index contributed by atoms with van der Waals surface area (Å²) in [5, 5.41) is 7.83. The van der Waals surface area contributed by atoms with Crippen LogP contribution in [0.1, 0.15) is 6.42 Å². The fourth-order valence-electron chi connectivity index (χ4n) is 0.123. The standard InChI is InChI=1S/C3H7NO2.Na.H/c4-2-1-3(5)6;;/h1-2,4H2,(H,5,6);;. The van der Waals surface area contributed by atoms with E-state index in [4.69, 9.17) is 10.8 Å². The fraction of sp³-hybridized carbons (Fsp3) is 0.667. The second-order valence-corrected chi connectivity index (χ2v) is 0.932. The van der Waals surface area contributed by atoms with Gasteiger partial charge in [-0.15, -0.1) is 0 Å². The van der Waals surface area contributed by atoms with Crippen LogP contribution in [0.3, 0.4) is 0 Å². The molecule has 0 spiro atoms. The first kappa shape index (κ1) is 10.4. The minimum absolute atomic E-state index is 0. The Morgan fingerprint density at radius 3 is 2.14 bits per heavy atom. The first-order valence-corrected chi connectivity index (χ1v) is 1.69. The molecule has 0 aliphatic heterocycles. The maximum atomic E-state index is 9.52. The Bertz CT molecular complexity index is 56.9. The van der Waals surface area contributed by atoms with Gasteiger partial charge in [-0.05, 0) is 0 Å². The van der Waals surface area contributed by atoms with Crippen LogP contribution >= 0.6 is 0 Å². The summed E-state index contributed by atoms with van der Waals surface area (Å²) in [6, 6.07) is 0. The summed E-state index contributed by atoms with van der Waals surface area (Å²) in [6.45, 7) is 0.231. The van der Waals surface area contributed by atoms with E-state index in [0.29, 0.717) is 0 Å². The van der Waals surface area contributed by atoms with Crippen molar-refractivity contribution in [2.24, 2.45) is 5.73 Å². The second kappa shape index (κ2) is 6.43. The van der Waals surface area contributed by atoms with E-state index >= 15 is 0 Å². The third-order valence-corrected chi connectivity index (χ3v) is 0.358. The molecule has 4 heteroatoms. The number of nitrogens with two attached hydrogens (primary N) is 1. The van der Waals surface area contributed by atoms with Crippen LogP contribution < -0.4 is 5.73 Å². The first-order chi connectivity index (χ1) is 2.77. The predicted octanol–water partition coefficient (Wildman–Crippen LogP) is -1.23. The topological polar surface area (TPSA) is 63.3 Å². The molecule has 0 atom stereocenters. The van der Waals surface area contributed by atoms with Crippen LogP contribution in [0.2, 0.25) is 0 Å². The van der Waals surface area contributed by atoms with Crippen molar-refractivity contribution >= 4 is 35.5 Å². The Morgan fingerprint density at radius 1 is 1.71 bits per heavy atom. The van der Waals surface area contributed by atoms with Gasteiger partial charge in [0.05, 0.1) is 6.42 Å². The van der Waals surface area contributed by atoms with E-state index in [-0.39, 0.29) is 42.5 Å². The van der Waals surface area contributed by atoms with Crippen LogP contribution in [0.4, 0.5) is 0 Å². The molecule has 0 heterocycles. The predicted molar refractivity (Wildman–Crippen MR) is 28.5 cm³/mol. The average molecular weight is 113 g/mol. The van der Waals surface area contributed by atoms with Gasteiger partial charge in [-0.25, -0.2) is 0 Å².